The first-order valence-electron chi connectivity index (χ1n) is 5.38. The zero-order chi connectivity index (χ0) is 12.1. The Morgan fingerprint density at radius 3 is 2.41 bits per heavy atom. The first-order chi connectivity index (χ1) is 8.31. The van der Waals surface area contributed by atoms with Crippen LogP contribution < -0.4 is 10.5 Å². The van der Waals surface area contributed by atoms with Gasteiger partial charge in [-0.3, -0.25) is 0 Å². The van der Waals surface area contributed by atoms with E-state index in [1.54, 1.807) is 7.11 Å². The quantitative estimate of drug-likeness (QED) is 0.647. The van der Waals surface area contributed by atoms with Crippen molar-refractivity contribution in [2.24, 2.45) is 0 Å². The first-order valence-corrected chi connectivity index (χ1v) is 5.38. The highest BCUT2D eigenvalue weighted by molar-refractivity contribution is 5.70. The highest BCUT2D eigenvalue weighted by Crippen LogP contribution is 2.28. The van der Waals surface area contributed by atoms with Gasteiger partial charge in [-0.05, 0) is 23.3 Å². The van der Waals surface area contributed by atoms with Crippen molar-refractivity contribution in [2.75, 3.05) is 19.6 Å². The summed E-state index contributed by atoms with van der Waals surface area (Å²) in [5.74, 6) is 0.645. The molecule has 0 aliphatic heterocycles. The molecule has 0 aliphatic carbocycles. The van der Waals surface area contributed by atoms with Crippen LogP contribution in [0.2, 0.25) is 0 Å². The molecule has 0 atom stereocenters. The van der Waals surface area contributed by atoms with Gasteiger partial charge in [-0.25, -0.2) is 0 Å². The van der Waals surface area contributed by atoms with Crippen LogP contribution in [0.25, 0.3) is 11.1 Å². The lowest BCUT2D eigenvalue weighted by Gasteiger charge is -2.09. The monoisotopic (exact) mass is 229 g/mol. The fourth-order valence-electron chi connectivity index (χ4n) is 1.61. The zero-order valence-electron chi connectivity index (χ0n) is 9.72. The number of hydrogen-bond acceptors (Lipinski definition) is 3. The normalized spacial score (nSPS) is 10.2. The van der Waals surface area contributed by atoms with Gasteiger partial charge in [-0.15, -0.1) is 0 Å². The van der Waals surface area contributed by atoms with Crippen molar-refractivity contribution >= 4 is 5.69 Å². The van der Waals surface area contributed by atoms with Gasteiger partial charge in [0, 0.05) is 7.11 Å². The second kappa shape index (κ2) is 5.37. The summed E-state index contributed by atoms with van der Waals surface area (Å²) >= 11 is 0. The highest BCUT2D eigenvalue weighted by atomic mass is 16.7. The van der Waals surface area contributed by atoms with Crippen LogP contribution >= 0.6 is 0 Å². The number of anilines is 1. The third-order valence-corrected chi connectivity index (χ3v) is 2.45. The summed E-state index contributed by atoms with van der Waals surface area (Å²) in [6.45, 7) is 0.203. The summed E-state index contributed by atoms with van der Waals surface area (Å²) in [4.78, 5) is 0. The van der Waals surface area contributed by atoms with Crippen LogP contribution in [0, 0.1) is 0 Å². The van der Waals surface area contributed by atoms with Crippen LogP contribution in [0.4, 0.5) is 5.69 Å². The molecule has 0 aliphatic rings. The molecule has 3 nitrogen and oxygen atoms in total. The molecule has 2 aromatic carbocycles. The van der Waals surface area contributed by atoms with Crippen molar-refractivity contribution in [2.45, 2.75) is 0 Å². The van der Waals surface area contributed by atoms with E-state index in [2.05, 4.69) is 0 Å². The number of nitrogen functional groups attached to an aromatic ring is 1. The van der Waals surface area contributed by atoms with Crippen LogP contribution in [0.15, 0.2) is 48.5 Å². The molecule has 0 saturated carbocycles. The van der Waals surface area contributed by atoms with Gasteiger partial charge in [-0.2, -0.15) is 0 Å². The van der Waals surface area contributed by atoms with Gasteiger partial charge in [0.05, 0.1) is 5.69 Å². The maximum Gasteiger partial charge on any atom is 0.188 e. The summed E-state index contributed by atoms with van der Waals surface area (Å²) in [5.41, 5.74) is 8.75. The van der Waals surface area contributed by atoms with Gasteiger partial charge in [0.2, 0.25) is 0 Å². The summed E-state index contributed by atoms with van der Waals surface area (Å²) < 4.78 is 10.2. The predicted octanol–water partition coefficient (Wildman–Crippen LogP) is 2.92. The molecule has 2 N–H and O–H groups in total. The average Bonchev–Trinajstić information content (AvgIpc) is 2.38. The second-order valence-corrected chi connectivity index (χ2v) is 3.67. The van der Waals surface area contributed by atoms with E-state index in [4.69, 9.17) is 15.2 Å². The van der Waals surface area contributed by atoms with E-state index in [0.717, 1.165) is 11.1 Å². The fraction of sp³-hybridized carbons (Fsp3) is 0.143. The van der Waals surface area contributed by atoms with Crippen LogP contribution in [-0.2, 0) is 4.74 Å². The van der Waals surface area contributed by atoms with Crippen molar-refractivity contribution in [1.82, 2.24) is 0 Å². The zero-order valence-corrected chi connectivity index (χ0v) is 9.72. The van der Waals surface area contributed by atoms with E-state index in [-0.39, 0.29) is 6.79 Å². The van der Waals surface area contributed by atoms with E-state index < -0.39 is 0 Å². The van der Waals surface area contributed by atoms with Crippen molar-refractivity contribution < 1.29 is 9.47 Å². The highest BCUT2D eigenvalue weighted by Gasteiger charge is 2.03. The third-order valence-electron chi connectivity index (χ3n) is 2.45. The van der Waals surface area contributed by atoms with Gasteiger partial charge in [0.15, 0.2) is 6.79 Å². The number of methoxy groups -OCH3 is 1. The number of ether oxygens (including phenoxy) is 2. The minimum atomic E-state index is 0.203. The van der Waals surface area contributed by atoms with Crippen LogP contribution in [-0.4, -0.2) is 13.9 Å². The van der Waals surface area contributed by atoms with Gasteiger partial charge >= 0.3 is 0 Å². The standard InChI is InChI=1S/C14H15NO2/c1-16-10-17-14-8-7-12(9-13(14)15)11-5-3-2-4-6-11/h2-9H,10,15H2,1H3. The topological polar surface area (TPSA) is 44.5 Å². The molecular formula is C14H15NO2. The molecular weight excluding hydrogens is 214 g/mol. The molecule has 17 heavy (non-hydrogen) atoms. The predicted molar refractivity (Wildman–Crippen MR) is 68.8 cm³/mol. The van der Waals surface area contributed by atoms with E-state index >= 15 is 0 Å². The van der Waals surface area contributed by atoms with Crippen LogP contribution in [0.3, 0.4) is 0 Å². The Kier molecular flexibility index (Phi) is 3.62. The summed E-state index contributed by atoms with van der Waals surface area (Å²) in [7, 11) is 1.58. The Labute approximate surface area is 101 Å². The van der Waals surface area contributed by atoms with E-state index in [1.807, 2.05) is 48.5 Å². The Hall–Kier alpha value is -2.00. The van der Waals surface area contributed by atoms with E-state index in [9.17, 15) is 0 Å². The molecule has 0 bridgehead atoms. The average molecular weight is 229 g/mol. The smallest absolute Gasteiger partial charge is 0.188 e. The Morgan fingerprint density at radius 2 is 1.76 bits per heavy atom. The fourth-order valence-corrected chi connectivity index (χ4v) is 1.61. The maximum absolute atomic E-state index is 5.92. The van der Waals surface area contributed by atoms with E-state index in [1.165, 1.54) is 0 Å². The molecule has 3 heteroatoms. The molecule has 0 radical (unpaired) electrons. The van der Waals surface area contributed by atoms with Gasteiger partial charge < -0.3 is 15.2 Å². The molecule has 0 spiro atoms. The largest absolute Gasteiger partial charge is 0.465 e. The number of nitrogens with two attached hydrogens (primary N) is 1. The first kappa shape index (κ1) is 11.5. The molecule has 0 amide bonds. The van der Waals surface area contributed by atoms with Crippen molar-refractivity contribution in [1.29, 1.82) is 0 Å². The lowest BCUT2D eigenvalue weighted by atomic mass is 10.1. The molecule has 88 valence electrons. The minimum absolute atomic E-state index is 0.203. The molecule has 2 aromatic rings. The summed E-state index contributed by atoms with van der Waals surface area (Å²) in [5, 5.41) is 0. The van der Waals surface area contributed by atoms with Crippen molar-refractivity contribution in [3.63, 3.8) is 0 Å². The number of benzene rings is 2. The van der Waals surface area contributed by atoms with Gasteiger partial charge in [0.25, 0.3) is 0 Å². The lowest BCUT2D eigenvalue weighted by molar-refractivity contribution is 0.0517. The SMILES string of the molecule is COCOc1ccc(-c2ccccc2)cc1N. The Balaban J connectivity index is 2.25. The van der Waals surface area contributed by atoms with Crippen LogP contribution in [0.1, 0.15) is 0 Å². The maximum atomic E-state index is 5.92. The molecule has 0 heterocycles. The molecule has 0 unspecified atom stereocenters. The Bertz CT molecular complexity index is 483. The molecule has 0 aromatic heterocycles. The minimum Gasteiger partial charge on any atom is -0.465 e. The molecule has 0 fully saturated rings. The lowest BCUT2D eigenvalue weighted by Crippen LogP contribution is -2.01. The van der Waals surface area contributed by atoms with Crippen molar-refractivity contribution in [3.8, 4) is 16.9 Å². The number of rotatable bonds is 4. The Morgan fingerprint density at radius 1 is 1.00 bits per heavy atom. The summed E-state index contributed by atoms with van der Waals surface area (Å²) in [6.07, 6.45) is 0. The molecule has 2 rings (SSSR count). The second-order valence-electron chi connectivity index (χ2n) is 3.67. The van der Waals surface area contributed by atoms with Crippen molar-refractivity contribution in [3.05, 3.63) is 48.5 Å². The number of hydrogen-bond donors (Lipinski definition) is 1. The molecule has 0 saturated heterocycles. The van der Waals surface area contributed by atoms with Crippen LogP contribution in [0.5, 0.6) is 5.75 Å². The summed E-state index contributed by atoms with van der Waals surface area (Å²) in [6, 6.07) is 15.8. The van der Waals surface area contributed by atoms with Gasteiger partial charge in [0.1, 0.15) is 5.75 Å². The third kappa shape index (κ3) is 2.77. The van der Waals surface area contributed by atoms with Gasteiger partial charge in [-0.1, -0.05) is 36.4 Å². The van der Waals surface area contributed by atoms with E-state index in [0.29, 0.717) is 11.4 Å².